The first-order valence-corrected chi connectivity index (χ1v) is 11.3. The molecule has 3 atom stereocenters. The Balaban J connectivity index is 1.33. The number of esters is 1. The van der Waals surface area contributed by atoms with Crippen molar-refractivity contribution in [1.29, 1.82) is 0 Å². The summed E-state index contributed by atoms with van der Waals surface area (Å²) in [5.41, 5.74) is 1.64. The summed E-state index contributed by atoms with van der Waals surface area (Å²) in [6, 6.07) is 12.4. The zero-order valence-electron chi connectivity index (χ0n) is 19.1. The van der Waals surface area contributed by atoms with Gasteiger partial charge in [0.25, 0.3) is 5.91 Å². The third-order valence-electron chi connectivity index (χ3n) is 6.46. The fourth-order valence-corrected chi connectivity index (χ4v) is 4.59. The molecule has 0 bridgehead atoms. The lowest BCUT2D eigenvalue weighted by Gasteiger charge is -2.25. The van der Waals surface area contributed by atoms with E-state index in [4.69, 9.17) is 4.74 Å². The van der Waals surface area contributed by atoms with Crippen molar-refractivity contribution in [3.63, 3.8) is 0 Å². The molecule has 1 aliphatic heterocycles. The molecule has 2 aromatic rings. The van der Waals surface area contributed by atoms with Crippen molar-refractivity contribution in [2.45, 2.75) is 33.1 Å². The number of benzene rings is 2. The molecule has 1 saturated heterocycles. The van der Waals surface area contributed by atoms with Crippen LogP contribution in [0.3, 0.4) is 0 Å². The van der Waals surface area contributed by atoms with Crippen LogP contribution in [0.5, 0.6) is 0 Å². The fourth-order valence-electron chi connectivity index (χ4n) is 4.59. The number of Topliss-reactive ketones (excluding diaryl/α,β-unsaturated/α-hetero) is 1. The second-order valence-electron chi connectivity index (χ2n) is 8.95. The molecule has 176 valence electrons. The normalized spacial score (nSPS) is 21.7. The number of nitrogens with one attached hydrogen (secondary N) is 1. The highest BCUT2D eigenvalue weighted by molar-refractivity contribution is 6.22. The lowest BCUT2D eigenvalue weighted by atomic mass is 9.76. The van der Waals surface area contributed by atoms with E-state index in [1.165, 1.54) is 24.0 Å². The average Bonchev–Trinajstić information content (AvgIpc) is 3.07. The molecule has 2 aromatic carbocycles. The number of rotatable bonds is 6. The van der Waals surface area contributed by atoms with Gasteiger partial charge >= 0.3 is 5.97 Å². The number of amides is 3. The summed E-state index contributed by atoms with van der Waals surface area (Å²) in [6.45, 7) is 3.06. The molecule has 0 unspecified atom stereocenters. The van der Waals surface area contributed by atoms with Crippen LogP contribution in [0, 0.1) is 17.8 Å². The van der Waals surface area contributed by atoms with E-state index in [0.717, 1.165) is 19.3 Å². The van der Waals surface area contributed by atoms with E-state index < -0.39 is 18.5 Å². The van der Waals surface area contributed by atoms with Crippen LogP contribution < -0.4 is 10.2 Å². The van der Waals surface area contributed by atoms with Gasteiger partial charge in [-0.2, -0.15) is 0 Å². The Kier molecular flexibility index (Phi) is 6.58. The van der Waals surface area contributed by atoms with Crippen molar-refractivity contribution < 1.29 is 28.7 Å². The van der Waals surface area contributed by atoms with E-state index in [2.05, 4.69) is 12.2 Å². The maximum atomic E-state index is 12.8. The van der Waals surface area contributed by atoms with Crippen LogP contribution in [0.4, 0.5) is 11.4 Å². The van der Waals surface area contributed by atoms with Crippen molar-refractivity contribution in [2.75, 3.05) is 16.8 Å². The van der Waals surface area contributed by atoms with Crippen molar-refractivity contribution in [2.24, 2.45) is 17.8 Å². The van der Waals surface area contributed by atoms with Gasteiger partial charge in [-0.1, -0.05) is 6.92 Å². The van der Waals surface area contributed by atoms with E-state index >= 15 is 0 Å². The first kappa shape index (κ1) is 23.4. The topological polar surface area (TPSA) is 110 Å². The van der Waals surface area contributed by atoms with Crippen molar-refractivity contribution >= 4 is 40.8 Å². The molecule has 1 heterocycles. The minimum absolute atomic E-state index is 0.0794. The minimum atomic E-state index is -0.699. The number of imide groups is 1. The number of hydrogen-bond acceptors (Lipinski definition) is 6. The summed E-state index contributed by atoms with van der Waals surface area (Å²) in [6.07, 6.45) is 2.38. The highest BCUT2D eigenvalue weighted by Gasteiger charge is 2.49. The Morgan fingerprint density at radius 2 is 1.53 bits per heavy atom. The zero-order chi connectivity index (χ0) is 24.4. The maximum Gasteiger partial charge on any atom is 0.338 e. The number of anilines is 2. The standard InChI is InChI=1S/C26H26N2O6/c1-15-3-12-21-22(13-15)25(32)28(24(21)31)20-10-6-18(7-11-20)26(33)34-14-23(30)27-19-8-4-17(5-9-19)16(2)29/h4-11,15,21-22H,3,12-14H2,1-2H3,(H,27,30)/t15-,21-,22-/m1/s1. The highest BCUT2D eigenvalue weighted by atomic mass is 16.5. The minimum Gasteiger partial charge on any atom is -0.452 e. The molecule has 0 spiro atoms. The third kappa shape index (κ3) is 4.76. The Morgan fingerprint density at radius 3 is 2.18 bits per heavy atom. The molecule has 1 saturated carbocycles. The molecular formula is C26H26N2O6. The lowest BCUT2D eigenvalue weighted by Crippen LogP contribution is -2.30. The number of hydrogen-bond donors (Lipinski definition) is 1. The molecule has 0 radical (unpaired) electrons. The zero-order valence-corrected chi connectivity index (χ0v) is 19.1. The SMILES string of the molecule is CC(=O)c1ccc(NC(=O)COC(=O)c2ccc(N3C(=O)[C@@H]4CC[C@@H](C)C[C@H]4C3=O)cc2)cc1. The second kappa shape index (κ2) is 9.59. The maximum absolute atomic E-state index is 12.8. The largest absolute Gasteiger partial charge is 0.452 e. The molecule has 0 aromatic heterocycles. The molecule has 2 fully saturated rings. The van der Waals surface area contributed by atoms with Gasteiger partial charge in [-0.05, 0) is 80.6 Å². The molecule has 4 rings (SSSR count). The molecule has 8 heteroatoms. The van der Waals surface area contributed by atoms with Gasteiger partial charge in [-0.15, -0.1) is 0 Å². The fraction of sp³-hybridized carbons (Fsp3) is 0.346. The summed E-state index contributed by atoms with van der Waals surface area (Å²) in [5, 5.41) is 2.59. The first-order chi connectivity index (χ1) is 16.2. The van der Waals surface area contributed by atoms with Crippen LogP contribution in [0.1, 0.15) is 53.8 Å². The molecule has 3 amide bonds. The van der Waals surface area contributed by atoms with E-state index in [0.29, 0.717) is 22.9 Å². The number of ether oxygens (including phenoxy) is 1. The predicted octanol–water partition coefficient (Wildman–Crippen LogP) is 3.61. The number of fused-ring (bicyclic) bond motifs is 1. The smallest absolute Gasteiger partial charge is 0.338 e. The predicted molar refractivity (Wildman–Crippen MR) is 124 cm³/mol. The molecule has 1 aliphatic carbocycles. The van der Waals surface area contributed by atoms with E-state index in [1.54, 1.807) is 36.4 Å². The summed E-state index contributed by atoms with van der Waals surface area (Å²) in [7, 11) is 0. The van der Waals surface area contributed by atoms with Gasteiger partial charge in [-0.3, -0.25) is 24.1 Å². The van der Waals surface area contributed by atoms with Crippen LogP contribution in [0.25, 0.3) is 0 Å². The van der Waals surface area contributed by atoms with Gasteiger partial charge in [0, 0.05) is 11.3 Å². The van der Waals surface area contributed by atoms with Crippen molar-refractivity contribution in [3.05, 3.63) is 59.7 Å². The molecule has 1 N–H and O–H groups in total. The van der Waals surface area contributed by atoms with Crippen LogP contribution in [-0.4, -0.2) is 36.1 Å². The number of ketones is 1. The van der Waals surface area contributed by atoms with E-state index in [9.17, 15) is 24.0 Å². The van der Waals surface area contributed by atoms with Crippen molar-refractivity contribution in [1.82, 2.24) is 0 Å². The van der Waals surface area contributed by atoms with Crippen LogP contribution >= 0.6 is 0 Å². The van der Waals surface area contributed by atoms with Crippen LogP contribution in [0.2, 0.25) is 0 Å². The monoisotopic (exact) mass is 462 g/mol. The van der Waals surface area contributed by atoms with E-state index in [1.807, 2.05) is 0 Å². The van der Waals surface area contributed by atoms with Gasteiger partial charge in [0.05, 0.1) is 23.1 Å². The quantitative estimate of drug-likeness (QED) is 0.399. The van der Waals surface area contributed by atoms with Gasteiger partial charge in [0.1, 0.15) is 0 Å². The van der Waals surface area contributed by atoms with Gasteiger partial charge in [0.2, 0.25) is 11.8 Å². The number of carbonyl (C=O) groups is 5. The second-order valence-corrected chi connectivity index (χ2v) is 8.95. The Bertz CT molecular complexity index is 1140. The first-order valence-electron chi connectivity index (χ1n) is 11.3. The van der Waals surface area contributed by atoms with Gasteiger partial charge in [0.15, 0.2) is 12.4 Å². The van der Waals surface area contributed by atoms with Crippen molar-refractivity contribution in [3.8, 4) is 0 Å². The summed E-state index contributed by atoms with van der Waals surface area (Å²) >= 11 is 0. The van der Waals surface area contributed by atoms with Crippen LogP contribution in [-0.2, 0) is 19.1 Å². The van der Waals surface area contributed by atoms with E-state index in [-0.39, 0.29) is 35.0 Å². The summed E-state index contributed by atoms with van der Waals surface area (Å²) in [5.74, 6) is -1.75. The Morgan fingerprint density at radius 1 is 0.912 bits per heavy atom. The highest BCUT2D eigenvalue weighted by Crippen LogP contribution is 2.42. The third-order valence-corrected chi connectivity index (χ3v) is 6.46. The Labute approximate surface area is 197 Å². The lowest BCUT2D eigenvalue weighted by molar-refractivity contribution is -0.122. The molecule has 34 heavy (non-hydrogen) atoms. The molecule has 2 aliphatic rings. The Hall–Kier alpha value is -3.81. The van der Waals surface area contributed by atoms with Gasteiger partial charge in [-0.25, -0.2) is 4.79 Å². The average molecular weight is 463 g/mol. The van der Waals surface area contributed by atoms with Gasteiger partial charge < -0.3 is 10.1 Å². The molecule has 8 nitrogen and oxygen atoms in total. The number of carbonyl (C=O) groups excluding carboxylic acids is 5. The number of nitrogens with zero attached hydrogens (tertiary/aromatic N) is 1. The molecular weight excluding hydrogens is 436 g/mol. The van der Waals surface area contributed by atoms with Crippen LogP contribution in [0.15, 0.2) is 48.5 Å². The summed E-state index contributed by atoms with van der Waals surface area (Å²) in [4.78, 5) is 62.6. The summed E-state index contributed by atoms with van der Waals surface area (Å²) < 4.78 is 5.07.